The van der Waals surface area contributed by atoms with Gasteiger partial charge in [-0.1, -0.05) is 31.9 Å². The van der Waals surface area contributed by atoms with Crippen molar-refractivity contribution in [3.8, 4) is 5.75 Å². The number of aliphatic carboxylic acids is 2. The number of ether oxygens (including phenoxy) is 1. The van der Waals surface area contributed by atoms with E-state index in [2.05, 4.69) is 50.3 Å². The first-order valence-electron chi connectivity index (χ1n) is 17.4. The van der Waals surface area contributed by atoms with Crippen LogP contribution in [-0.2, 0) is 32.1 Å². The lowest BCUT2D eigenvalue weighted by Gasteiger charge is -2.17. The molecule has 0 spiro atoms. The summed E-state index contributed by atoms with van der Waals surface area (Å²) in [6.07, 6.45) is -3.53. The Morgan fingerprint density at radius 3 is 2.11 bits per heavy atom. The van der Waals surface area contributed by atoms with E-state index in [1.807, 2.05) is 52.3 Å². The highest BCUT2D eigenvalue weighted by Gasteiger charge is 2.30. The van der Waals surface area contributed by atoms with Crippen LogP contribution in [0, 0.1) is 6.92 Å². The quantitative estimate of drug-likeness (QED) is 0.0724. The van der Waals surface area contributed by atoms with Crippen LogP contribution < -0.4 is 31.0 Å². The van der Waals surface area contributed by atoms with E-state index in [1.54, 1.807) is 7.11 Å². The lowest BCUT2D eigenvalue weighted by molar-refractivity contribution is -0.807. The second kappa shape index (κ2) is 21.7. The number of ketones is 1. The van der Waals surface area contributed by atoms with E-state index in [-0.39, 0.29) is 18.4 Å². The molecule has 3 aromatic rings. The predicted octanol–water partition coefficient (Wildman–Crippen LogP) is 1.55. The molecule has 0 saturated carbocycles. The zero-order valence-corrected chi connectivity index (χ0v) is 31.5. The predicted molar refractivity (Wildman–Crippen MR) is 189 cm³/mol. The van der Waals surface area contributed by atoms with Crippen LogP contribution in [0.3, 0.4) is 0 Å². The summed E-state index contributed by atoms with van der Waals surface area (Å²) in [6, 6.07) is 14.2. The number of carboxylic acid groups (broad SMARTS) is 2. The van der Waals surface area contributed by atoms with Crippen molar-refractivity contribution in [1.82, 2.24) is 15.3 Å². The van der Waals surface area contributed by atoms with Crippen LogP contribution in [0.25, 0.3) is 16.6 Å². The van der Waals surface area contributed by atoms with Gasteiger partial charge in [-0.05, 0) is 55.7 Å². The second-order valence-corrected chi connectivity index (χ2v) is 12.8. The number of halogens is 6. The molecule has 19 heteroatoms. The van der Waals surface area contributed by atoms with E-state index in [9.17, 15) is 35.9 Å². The summed E-state index contributed by atoms with van der Waals surface area (Å²) < 4.78 is 68.5. The van der Waals surface area contributed by atoms with Gasteiger partial charge in [-0.3, -0.25) is 20.3 Å². The summed E-state index contributed by atoms with van der Waals surface area (Å²) >= 11 is 0. The van der Waals surface area contributed by atoms with Gasteiger partial charge in [0.15, 0.2) is 5.70 Å². The van der Waals surface area contributed by atoms with E-state index in [0.717, 1.165) is 77.2 Å². The smallest absolute Gasteiger partial charge is 0.430 e. The first-order chi connectivity index (χ1) is 26.2. The fourth-order valence-electron chi connectivity index (χ4n) is 5.29. The standard InChI is InChI=1S/C33H44N6O3.2C2HF3O2/c1-6-25(40)10-8-7-9-11-30(33-34-21-31(38-33)24-14-12-23(13-15-24)20-35-39(3)4)37-32(41)19-27-22(2)36-29-17-16-26(42-5)18-28(27)29;2*3-2(4,5)1(6)7/h12-18,21,30,35-36H,6-11,19-20H2,1-5H3,(H,34,38)(H,37,41);2*(H,6,7)/t30-;;/m0../s1. The number of fused-ring (bicyclic) bond motifs is 1. The number of unbranched alkanes of at least 4 members (excludes halogenated alkanes) is 2. The Bertz CT molecular complexity index is 1830. The van der Waals surface area contributed by atoms with E-state index in [0.29, 0.717) is 18.6 Å². The number of carbonyl (C=O) groups excluding carboxylic acids is 4. The highest BCUT2D eigenvalue weighted by atomic mass is 19.4. The Morgan fingerprint density at radius 1 is 0.964 bits per heavy atom. The third-order valence-electron chi connectivity index (χ3n) is 8.30. The molecular formula is C37H46F6N6O7. The van der Waals surface area contributed by atoms with Crippen molar-refractivity contribution in [2.24, 2.45) is 4.99 Å². The van der Waals surface area contributed by atoms with Crippen LogP contribution in [0.2, 0.25) is 0 Å². The number of methoxy groups -OCH3 is 1. The number of hydrogen-bond donors (Lipinski definition) is 4. The van der Waals surface area contributed by atoms with Gasteiger partial charge in [0, 0.05) is 54.7 Å². The highest BCUT2D eigenvalue weighted by Crippen LogP contribution is 2.27. The van der Waals surface area contributed by atoms with Crippen LogP contribution in [0.15, 0.2) is 53.7 Å². The monoisotopic (exact) mass is 800 g/mol. The van der Waals surface area contributed by atoms with Crippen LogP contribution >= 0.6 is 0 Å². The topological polar surface area (TPSA) is 200 Å². The minimum Gasteiger partial charge on any atom is -0.542 e. The Morgan fingerprint density at radius 2 is 1.57 bits per heavy atom. The highest BCUT2D eigenvalue weighted by molar-refractivity contribution is 5.94. The number of Topliss-reactive ketones (excluding diaryl/α,β-unsaturated/α-hetero) is 1. The summed E-state index contributed by atoms with van der Waals surface area (Å²) in [5.74, 6) is -4.12. The number of aromatic nitrogens is 1. The van der Waals surface area contributed by atoms with Gasteiger partial charge in [-0.25, -0.2) is 4.99 Å². The molecule has 0 unspecified atom stereocenters. The van der Waals surface area contributed by atoms with Crippen molar-refractivity contribution in [2.45, 2.75) is 83.7 Å². The second-order valence-electron chi connectivity index (χ2n) is 12.8. The molecule has 0 bridgehead atoms. The number of nitrogens with zero attached hydrogens (tertiary/aromatic N) is 2. The number of aryl methyl sites for hydroxylation is 1. The number of alkyl halides is 6. The number of nitrogens with two attached hydrogens (primary N) is 2. The van der Waals surface area contributed by atoms with Crippen molar-refractivity contribution >= 4 is 46.1 Å². The molecule has 1 atom stereocenters. The molecule has 0 radical (unpaired) electrons. The van der Waals surface area contributed by atoms with Gasteiger partial charge in [0.25, 0.3) is 0 Å². The number of carboxylic acids is 2. The molecule has 1 amide bonds. The Balaban J connectivity index is 0.000000657. The number of hydrogen-bond acceptors (Lipinski definition) is 9. The molecule has 1 aliphatic rings. The summed E-state index contributed by atoms with van der Waals surface area (Å²) in [7, 11) is 5.71. The van der Waals surface area contributed by atoms with Crippen LogP contribution in [0.5, 0.6) is 5.75 Å². The van der Waals surface area contributed by atoms with Crippen molar-refractivity contribution in [2.75, 3.05) is 21.2 Å². The molecule has 0 saturated heterocycles. The van der Waals surface area contributed by atoms with E-state index in [1.165, 1.54) is 5.56 Å². The van der Waals surface area contributed by atoms with Gasteiger partial charge in [0.1, 0.15) is 36.1 Å². The maximum Gasteiger partial charge on any atom is 0.430 e. The molecule has 308 valence electrons. The first-order valence-corrected chi connectivity index (χ1v) is 17.4. The van der Waals surface area contributed by atoms with Crippen molar-refractivity contribution in [3.05, 3.63) is 71.0 Å². The molecule has 6 N–H and O–H groups in total. The summed E-state index contributed by atoms with van der Waals surface area (Å²) in [5.41, 5.74) is 8.49. The average Bonchev–Trinajstić information content (AvgIpc) is 3.74. The summed E-state index contributed by atoms with van der Waals surface area (Å²) in [6.45, 7) is 4.80. The van der Waals surface area contributed by atoms with Crippen molar-refractivity contribution in [3.63, 3.8) is 0 Å². The third kappa shape index (κ3) is 15.8. The number of aliphatic imine (C=N–C) groups is 1. The lowest BCUT2D eigenvalue weighted by Crippen LogP contribution is -2.90. The minimum atomic E-state index is -5.19. The Labute approximate surface area is 319 Å². The molecule has 2 heterocycles. The largest absolute Gasteiger partial charge is 0.542 e. The zero-order chi connectivity index (χ0) is 42.2. The number of aromatic amines is 1. The van der Waals surface area contributed by atoms with E-state index < -0.39 is 24.3 Å². The molecular weight excluding hydrogens is 754 g/mol. The Kier molecular flexibility index (Phi) is 18.2. The normalized spacial score (nSPS) is 13.1. The number of benzene rings is 2. The van der Waals surface area contributed by atoms with Crippen LogP contribution in [0.4, 0.5) is 26.3 Å². The van der Waals surface area contributed by atoms with Crippen molar-refractivity contribution < 1.29 is 71.2 Å². The number of carbonyl (C=O) groups is 4. The molecule has 2 aromatic carbocycles. The SMILES string of the molecule is CCC(=O)CCCCC[C@H](NC(=O)Cc1c(C)[nH]c2ccc(OC)cc12)C1=NC=C(c2ccc(C[NH2+]N(C)C)cc2)[NH2+]1.O=C([O-])C(F)(F)F.O=C([O-])C(F)(F)F. The number of amidine groups is 1. The van der Waals surface area contributed by atoms with Crippen LogP contribution in [-0.4, -0.2) is 79.1 Å². The molecule has 0 aliphatic carbocycles. The van der Waals surface area contributed by atoms with E-state index >= 15 is 0 Å². The number of rotatable bonds is 16. The van der Waals surface area contributed by atoms with Gasteiger partial charge < -0.3 is 34.8 Å². The Hall–Kier alpha value is -5.27. The van der Waals surface area contributed by atoms with Gasteiger partial charge in [0.05, 0.1) is 19.7 Å². The van der Waals surface area contributed by atoms with Gasteiger partial charge >= 0.3 is 12.4 Å². The molecule has 1 aliphatic heterocycles. The van der Waals surface area contributed by atoms with Gasteiger partial charge in [0.2, 0.25) is 11.7 Å². The lowest BCUT2D eigenvalue weighted by atomic mass is 10.0. The maximum atomic E-state index is 13.5. The minimum absolute atomic E-state index is 0.0426. The number of H-pyrrole nitrogens is 1. The fraction of sp³-hybridized carbons (Fsp3) is 0.432. The molecule has 13 nitrogen and oxygen atoms in total. The molecule has 56 heavy (non-hydrogen) atoms. The fourth-order valence-corrected chi connectivity index (χ4v) is 5.29. The first kappa shape index (κ1) is 46.9. The summed E-state index contributed by atoms with van der Waals surface area (Å²) in [5, 5.41) is 26.0. The summed E-state index contributed by atoms with van der Waals surface area (Å²) in [4.78, 5) is 50.9. The molecule has 1 aromatic heterocycles. The van der Waals surface area contributed by atoms with E-state index in [4.69, 9.17) is 29.5 Å². The van der Waals surface area contributed by atoms with Gasteiger partial charge in [-0.2, -0.15) is 31.4 Å². The average molecular weight is 801 g/mol. The molecule has 4 rings (SSSR count). The van der Waals surface area contributed by atoms with Gasteiger partial charge in [-0.15, -0.1) is 0 Å². The zero-order valence-electron chi connectivity index (χ0n) is 31.5. The number of amides is 1. The molecule has 0 fully saturated rings. The third-order valence-corrected chi connectivity index (χ3v) is 8.30. The number of quaternary nitrogens is 2. The number of nitrogens with one attached hydrogen (secondary N) is 2. The maximum absolute atomic E-state index is 13.5. The van der Waals surface area contributed by atoms with Crippen molar-refractivity contribution in [1.29, 1.82) is 0 Å². The van der Waals surface area contributed by atoms with Crippen LogP contribution in [0.1, 0.15) is 67.8 Å².